The van der Waals surface area contributed by atoms with Crippen LogP contribution in [0.1, 0.15) is 18.6 Å². The number of carbonyl (C=O) groups excluding carboxylic acids is 1. The highest BCUT2D eigenvalue weighted by atomic mass is 16.5. The normalized spacial score (nSPS) is 13.4. The van der Waals surface area contributed by atoms with Gasteiger partial charge in [-0.1, -0.05) is 24.3 Å². The van der Waals surface area contributed by atoms with Crippen LogP contribution in [-0.4, -0.2) is 36.2 Å². The maximum atomic E-state index is 12.3. The topological polar surface area (TPSA) is 88.8 Å². The van der Waals surface area contributed by atoms with Crippen LogP contribution in [0.3, 0.4) is 0 Å². The quantitative estimate of drug-likeness (QED) is 0.576. The molecule has 122 valence electrons. The van der Waals surface area contributed by atoms with Crippen LogP contribution in [0, 0.1) is 0 Å². The van der Waals surface area contributed by atoms with E-state index in [-0.39, 0.29) is 13.2 Å². The van der Waals surface area contributed by atoms with Crippen molar-refractivity contribution in [1.29, 1.82) is 0 Å². The van der Waals surface area contributed by atoms with Gasteiger partial charge >= 0.3 is 5.97 Å². The van der Waals surface area contributed by atoms with Gasteiger partial charge in [0.05, 0.1) is 19.1 Å². The molecule has 0 saturated carbocycles. The molecule has 1 aromatic heterocycles. The first kappa shape index (κ1) is 16.8. The minimum atomic E-state index is -1.15. The number of ether oxygens (including phenoxy) is 1. The third kappa shape index (κ3) is 4.20. The Morgan fingerprint density at radius 2 is 2.17 bits per heavy atom. The lowest BCUT2D eigenvalue weighted by atomic mass is 10.1. The highest BCUT2D eigenvalue weighted by Gasteiger charge is 2.25. The van der Waals surface area contributed by atoms with Crippen LogP contribution < -0.4 is 5.32 Å². The number of carboxylic acid groups (broad SMARTS) is 1. The number of hydrogen-bond donors (Lipinski definition) is 2. The number of nitrogens with one attached hydrogen (secondary N) is 1. The molecule has 6 heteroatoms. The van der Waals surface area contributed by atoms with Crippen molar-refractivity contribution in [1.82, 2.24) is 5.32 Å². The monoisotopic (exact) mass is 317 g/mol. The first-order valence-electron chi connectivity index (χ1n) is 7.23. The Morgan fingerprint density at radius 1 is 1.43 bits per heavy atom. The molecule has 6 nitrogen and oxygen atoms in total. The summed E-state index contributed by atoms with van der Waals surface area (Å²) in [6.45, 7) is 5.24. The summed E-state index contributed by atoms with van der Waals surface area (Å²) in [6, 6.07) is 8.09. The van der Waals surface area contributed by atoms with Gasteiger partial charge in [0.1, 0.15) is 11.3 Å². The van der Waals surface area contributed by atoms with E-state index >= 15 is 0 Å². The molecule has 2 atom stereocenters. The van der Waals surface area contributed by atoms with Crippen LogP contribution in [0.2, 0.25) is 0 Å². The summed E-state index contributed by atoms with van der Waals surface area (Å²) >= 11 is 0. The number of furan rings is 1. The number of carbonyl (C=O) groups is 2. The fourth-order valence-electron chi connectivity index (χ4n) is 2.09. The number of amides is 1. The maximum Gasteiger partial charge on any atom is 0.328 e. The second-order valence-corrected chi connectivity index (χ2v) is 5.13. The molecular weight excluding hydrogens is 298 g/mol. The van der Waals surface area contributed by atoms with Gasteiger partial charge in [-0.3, -0.25) is 4.79 Å². The summed E-state index contributed by atoms with van der Waals surface area (Å²) in [6.07, 6.45) is 1.51. The summed E-state index contributed by atoms with van der Waals surface area (Å²) < 4.78 is 10.7. The third-order valence-electron chi connectivity index (χ3n) is 3.40. The lowest BCUT2D eigenvalue weighted by Gasteiger charge is -2.16. The fraction of sp³-hybridized carbons (Fsp3) is 0.294. The first-order valence-corrected chi connectivity index (χ1v) is 7.23. The van der Waals surface area contributed by atoms with Crippen molar-refractivity contribution in [2.75, 3.05) is 13.2 Å². The van der Waals surface area contributed by atoms with Crippen molar-refractivity contribution in [3.05, 3.63) is 48.7 Å². The Kier molecular flexibility index (Phi) is 5.54. The number of carboxylic acids is 1. The predicted octanol–water partition coefficient (Wildman–Crippen LogP) is 2.31. The van der Waals surface area contributed by atoms with Gasteiger partial charge in [-0.05, 0) is 19.1 Å². The van der Waals surface area contributed by atoms with Crippen LogP contribution in [0.5, 0.6) is 0 Å². The van der Waals surface area contributed by atoms with E-state index in [0.29, 0.717) is 11.3 Å². The summed E-state index contributed by atoms with van der Waals surface area (Å²) in [5.41, 5.74) is 0.686. The molecule has 0 saturated heterocycles. The molecule has 0 bridgehead atoms. The average molecular weight is 317 g/mol. The largest absolute Gasteiger partial charge is 0.480 e. The van der Waals surface area contributed by atoms with Gasteiger partial charge in [0.15, 0.2) is 6.04 Å². The van der Waals surface area contributed by atoms with Crippen molar-refractivity contribution >= 4 is 22.8 Å². The fourth-order valence-corrected chi connectivity index (χ4v) is 2.09. The predicted molar refractivity (Wildman–Crippen MR) is 85.2 cm³/mol. The number of rotatable bonds is 8. The molecule has 0 aliphatic carbocycles. The number of fused-ring (bicyclic) bond motifs is 1. The van der Waals surface area contributed by atoms with Gasteiger partial charge in [0.2, 0.25) is 5.91 Å². The molecule has 0 radical (unpaired) electrons. The first-order chi connectivity index (χ1) is 11.0. The number of benzene rings is 1. The molecule has 23 heavy (non-hydrogen) atoms. The van der Waals surface area contributed by atoms with Crippen molar-refractivity contribution in [3.63, 3.8) is 0 Å². The molecule has 1 amide bonds. The standard InChI is InChI=1S/C17H19NO5/c1-3-8-22-10-13(17(20)21)18-16(19)11(2)15-9-12-6-4-5-7-14(12)23-15/h3-7,9,11,13H,1,8,10H2,2H3,(H,18,19)(H,20,21). The van der Waals surface area contributed by atoms with Crippen LogP contribution in [0.25, 0.3) is 11.0 Å². The molecule has 0 fully saturated rings. The number of hydrogen-bond acceptors (Lipinski definition) is 4. The van der Waals surface area contributed by atoms with Gasteiger partial charge < -0.3 is 19.6 Å². The van der Waals surface area contributed by atoms with Gasteiger partial charge in [0, 0.05) is 5.39 Å². The van der Waals surface area contributed by atoms with Gasteiger partial charge in [0.25, 0.3) is 0 Å². The summed E-state index contributed by atoms with van der Waals surface area (Å²) in [4.78, 5) is 23.4. The van der Waals surface area contributed by atoms with E-state index in [1.807, 2.05) is 24.3 Å². The average Bonchev–Trinajstić information content (AvgIpc) is 2.97. The van der Waals surface area contributed by atoms with E-state index in [1.165, 1.54) is 6.08 Å². The van der Waals surface area contributed by atoms with Crippen LogP contribution >= 0.6 is 0 Å². The van der Waals surface area contributed by atoms with Crippen molar-refractivity contribution in [2.24, 2.45) is 0 Å². The molecule has 2 N–H and O–H groups in total. The van der Waals surface area contributed by atoms with E-state index in [4.69, 9.17) is 14.3 Å². The molecule has 2 rings (SSSR count). The van der Waals surface area contributed by atoms with E-state index in [1.54, 1.807) is 13.0 Å². The van der Waals surface area contributed by atoms with Crippen LogP contribution in [0.4, 0.5) is 0 Å². The molecule has 0 aliphatic rings. The van der Waals surface area contributed by atoms with Gasteiger partial charge in [-0.2, -0.15) is 0 Å². The molecule has 2 aromatic rings. The second-order valence-electron chi connectivity index (χ2n) is 5.13. The Hall–Kier alpha value is -2.60. The second kappa shape index (κ2) is 7.60. The van der Waals surface area contributed by atoms with Gasteiger partial charge in [-0.25, -0.2) is 4.79 Å². The highest BCUT2D eigenvalue weighted by molar-refractivity contribution is 5.88. The van der Waals surface area contributed by atoms with Gasteiger partial charge in [-0.15, -0.1) is 6.58 Å². The minimum absolute atomic E-state index is 0.125. The molecule has 0 spiro atoms. The Morgan fingerprint density at radius 3 is 2.83 bits per heavy atom. The van der Waals surface area contributed by atoms with E-state index in [0.717, 1.165) is 5.39 Å². The summed E-state index contributed by atoms with van der Waals surface area (Å²) in [7, 11) is 0. The van der Waals surface area contributed by atoms with E-state index < -0.39 is 23.8 Å². The minimum Gasteiger partial charge on any atom is -0.480 e. The zero-order valence-electron chi connectivity index (χ0n) is 12.8. The zero-order valence-corrected chi connectivity index (χ0v) is 12.8. The maximum absolute atomic E-state index is 12.3. The number of aliphatic carboxylic acids is 1. The lowest BCUT2D eigenvalue weighted by molar-refractivity contribution is -0.143. The van der Waals surface area contributed by atoms with E-state index in [2.05, 4.69) is 11.9 Å². The Labute approximate surface area is 133 Å². The van der Waals surface area contributed by atoms with E-state index in [9.17, 15) is 9.59 Å². The summed E-state index contributed by atoms with van der Waals surface area (Å²) in [5.74, 6) is -1.71. The number of para-hydroxylation sites is 1. The molecule has 1 aromatic carbocycles. The van der Waals surface area contributed by atoms with Crippen LogP contribution in [0.15, 0.2) is 47.4 Å². The Bertz CT molecular complexity index is 673. The smallest absolute Gasteiger partial charge is 0.328 e. The molecular formula is C17H19NO5. The Balaban J connectivity index is 2.05. The molecule has 1 heterocycles. The molecule has 0 aliphatic heterocycles. The van der Waals surface area contributed by atoms with Crippen LogP contribution in [-0.2, 0) is 14.3 Å². The SMILES string of the molecule is C=CCOCC(NC(=O)C(C)c1cc2ccccc2o1)C(=O)O. The lowest BCUT2D eigenvalue weighted by Crippen LogP contribution is -2.45. The third-order valence-corrected chi connectivity index (χ3v) is 3.40. The van der Waals surface area contributed by atoms with Crippen molar-refractivity contribution in [2.45, 2.75) is 18.9 Å². The molecule has 2 unspecified atom stereocenters. The zero-order chi connectivity index (χ0) is 16.8. The van der Waals surface area contributed by atoms with Crippen molar-refractivity contribution in [3.8, 4) is 0 Å². The highest BCUT2D eigenvalue weighted by Crippen LogP contribution is 2.25. The summed E-state index contributed by atoms with van der Waals surface area (Å²) in [5, 5.41) is 12.5. The van der Waals surface area contributed by atoms with Crippen molar-refractivity contribution < 1.29 is 23.8 Å².